The molecule has 0 aliphatic carbocycles. The van der Waals surface area contributed by atoms with Gasteiger partial charge in [-0.3, -0.25) is 5.10 Å². The van der Waals surface area contributed by atoms with Gasteiger partial charge < -0.3 is 14.8 Å². The Kier molecular flexibility index (Phi) is 4.59. The largest absolute Gasteiger partial charge is 0.486 e. The van der Waals surface area contributed by atoms with Crippen LogP contribution in [0.2, 0.25) is 5.02 Å². The Morgan fingerprint density at radius 3 is 2.80 bits per heavy atom. The molecule has 0 radical (unpaired) electrons. The van der Waals surface area contributed by atoms with Crippen LogP contribution in [0, 0.1) is 0 Å². The summed E-state index contributed by atoms with van der Waals surface area (Å²) >= 11 is 6.09. The Labute approximate surface area is 150 Å². The minimum Gasteiger partial charge on any atom is -0.486 e. The van der Waals surface area contributed by atoms with Gasteiger partial charge in [-0.05, 0) is 18.2 Å². The predicted octanol–water partition coefficient (Wildman–Crippen LogP) is 3.79. The zero-order valence-corrected chi connectivity index (χ0v) is 14.3. The van der Waals surface area contributed by atoms with Crippen LogP contribution in [0.4, 0.5) is 0 Å². The van der Waals surface area contributed by atoms with E-state index in [1.165, 1.54) is 0 Å². The standard InChI is InChI=1S/C19H18ClN3O2/c20-16-5-1-3-13(9-16)18-15(12-22-23-18)11-21-10-14-4-2-6-17-19(14)25-8-7-24-17/h1-6,9,12,21H,7-8,10-11H2,(H,22,23). The van der Waals surface area contributed by atoms with Crippen molar-refractivity contribution < 1.29 is 9.47 Å². The zero-order chi connectivity index (χ0) is 17.1. The Balaban J connectivity index is 1.46. The number of ether oxygens (including phenoxy) is 2. The van der Waals surface area contributed by atoms with Gasteiger partial charge >= 0.3 is 0 Å². The lowest BCUT2D eigenvalue weighted by Gasteiger charge is -2.21. The van der Waals surface area contributed by atoms with E-state index in [4.69, 9.17) is 21.1 Å². The number of hydrogen-bond donors (Lipinski definition) is 2. The van der Waals surface area contributed by atoms with Gasteiger partial charge in [0.25, 0.3) is 0 Å². The highest BCUT2D eigenvalue weighted by atomic mass is 35.5. The molecule has 25 heavy (non-hydrogen) atoms. The van der Waals surface area contributed by atoms with Crippen LogP contribution in [0.3, 0.4) is 0 Å². The Morgan fingerprint density at radius 1 is 1.04 bits per heavy atom. The van der Waals surface area contributed by atoms with Crippen LogP contribution in [-0.2, 0) is 13.1 Å². The van der Waals surface area contributed by atoms with Gasteiger partial charge in [-0.15, -0.1) is 0 Å². The molecule has 0 spiro atoms. The second kappa shape index (κ2) is 7.17. The average Bonchev–Trinajstić information content (AvgIpc) is 3.10. The molecule has 0 bridgehead atoms. The number of fused-ring (bicyclic) bond motifs is 1. The van der Waals surface area contributed by atoms with E-state index in [-0.39, 0.29) is 0 Å². The van der Waals surface area contributed by atoms with Crippen molar-refractivity contribution in [2.75, 3.05) is 13.2 Å². The number of aromatic amines is 1. The summed E-state index contributed by atoms with van der Waals surface area (Å²) in [5.74, 6) is 1.65. The Hall–Kier alpha value is -2.50. The molecule has 128 valence electrons. The molecule has 5 nitrogen and oxygen atoms in total. The van der Waals surface area contributed by atoms with E-state index >= 15 is 0 Å². The molecule has 4 rings (SSSR count). The maximum atomic E-state index is 6.09. The number of aromatic nitrogens is 2. The molecule has 2 aromatic carbocycles. The van der Waals surface area contributed by atoms with Gasteiger partial charge in [0.15, 0.2) is 11.5 Å². The number of para-hydroxylation sites is 1. The first-order valence-electron chi connectivity index (χ1n) is 8.17. The van der Waals surface area contributed by atoms with E-state index in [1.807, 2.05) is 48.7 Å². The summed E-state index contributed by atoms with van der Waals surface area (Å²) < 4.78 is 11.4. The van der Waals surface area contributed by atoms with Crippen molar-refractivity contribution in [3.05, 3.63) is 64.8 Å². The van der Waals surface area contributed by atoms with E-state index in [1.54, 1.807) is 0 Å². The highest BCUT2D eigenvalue weighted by molar-refractivity contribution is 6.30. The van der Waals surface area contributed by atoms with Gasteiger partial charge in [-0.1, -0.05) is 35.9 Å². The van der Waals surface area contributed by atoms with E-state index in [2.05, 4.69) is 15.5 Å². The van der Waals surface area contributed by atoms with Crippen molar-refractivity contribution in [3.63, 3.8) is 0 Å². The van der Waals surface area contributed by atoms with Crippen molar-refractivity contribution >= 4 is 11.6 Å². The molecule has 2 N–H and O–H groups in total. The van der Waals surface area contributed by atoms with E-state index in [0.717, 1.165) is 33.9 Å². The quantitative estimate of drug-likeness (QED) is 0.731. The maximum Gasteiger partial charge on any atom is 0.165 e. The molecule has 0 unspecified atom stereocenters. The van der Waals surface area contributed by atoms with Gasteiger partial charge in [-0.25, -0.2) is 0 Å². The molecule has 0 atom stereocenters. The third kappa shape index (κ3) is 3.48. The van der Waals surface area contributed by atoms with Gasteiger partial charge in [-0.2, -0.15) is 5.10 Å². The molecule has 1 aliphatic heterocycles. The first kappa shape index (κ1) is 16.0. The third-order valence-corrected chi connectivity index (χ3v) is 4.34. The minimum absolute atomic E-state index is 0.588. The van der Waals surface area contributed by atoms with Crippen molar-refractivity contribution in [2.24, 2.45) is 0 Å². The lowest BCUT2D eigenvalue weighted by molar-refractivity contribution is 0.169. The lowest BCUT2D eigenvalue weighted by Crippen LogP contribution is -2.19. The van der Waals surface area contributed by atoms with Crippen LogP contribution in [0.15, 0.2) is 48.7 Å². The first-order chi connectivity index (χ1) is 12.3. The number of H-pyrrole nitrogens is 1. The van der Waals surface area contributed by atoms with Crippen molar-refractivity contribution in [1.29, 1.82) is 0 Å². The molecule has 6 heteroatoms. The molecule has 1 aromatic heterocycles. The molecular weight excluding hydrogens is 338 g/mol. The van der Waals surface area contributed by atoms with Crippen LogP contribution < -0.4 is 14.8 Å². The van der Waals surface area contributed by atoms with Crippen LogP contribution in [0.1, 0.15) is 11.1 Å². The third-order valence-electron chi connectivity index (χ3n) is 4.11. The average molecular weight is 356 g/mol. The van der Waals surface area contributed by atoms with E-state index in [9.17, 15) is 0 Å². The zero-order valence-electron chi connectivity index (χ0n) is 13.6. The second-order valence-electron chi connectivity index (χ2n) is 5.83. The van der Waals surface area contributed by atoms with Gasteiger partial charge in [0, 0.05) is 34.8 Å². The second-order valence-corrected chi connectivity index (χ2v) is 6.26. The van der Waals surface area contributed by atoms with Gasteiger partial charge in [0.1, 0.15) is 13.2 Å². The fraction of sp³-hybridized carbons (Fsp3) is 0.211. The summed E-state index contributed by atoms with van der Waals surface area (Å²) in [5.41, 5.74) is 4.18. The summed E-state index contributed by atoms with van der Waals surface area (Å²) in [4.78, 5) is 0. The number of nitrogens with zero attached hydrogens (tertiary/aromatic N) is 1. The summed E-state index contributed by atoms with van der Waals surface area (Å²) in [5, 5.41) is 11.4. The molecule has 0 fully saturated rings. The molecule has 1 aliphatic rings. The smallest absolute Gasteiger partial charge is 0.165 e. The number of halogens is 1. The number of hydrogen-bond acceptors (Lipinski definition) is 4. The molecular formula is C19H18ClN3O2. The molecule has 0 saturated heterocycles. The summed E-state index contributed by atoms with van der Waals surface area (Å²) in [6.07, 6.45) is 1.84. The Bertz CT molecular complexity index is 879. The van der Waals surface area contributed by atoms with Crippen molar-refractivity contribution in [2.45, 2.75) is 13.1 Å². The summed E-state index contributed by atoms with van der Waals surface area (Å²) in [7, 11) is 0. The predicted molar refractivity (Wildman–Crippen MR) is 97.0 cm³/mol. The highest BCUT2D eigenvalue weighted by Gasteiger charge is 2.15. The lowest BCUT2D eigenvalue weighted by atomic mass is 10.1. The fourth-order valence-electron chi connectivity index (χ4n) is 2.94. The SMILES string of the molecule is Clc1cccc(-c2[nH]ncc2CNCc2cccc3c2OCCO3)c1. The number of nitrogens with one attached hydrogen (secondary N) is 2. The van der Waals surface area contributed by atoms with Crippen molar-refractivity contribution in [1.82, 2.24) is 15.5 Å². The van der Waals surface area contributed by atoms with Crippen molar-refractivity contribution in [3.8, 4) is 22.8 Å². The van der Waals surface area contributed by atoms with Crippen LogP contribution in [0.25, 0.3) is 11.3 Å². The summed E-state index contributed by atoms with van der Waals surface area (Å²) in [6, 6.07) is 13.7. The fourth-order valence-corrected chi connectivity index (χ4v) is 3.13. The maximum absolute atomic E-state index is 6.09. The first-order valence-corrected chi connectivity index (χ1v) is 8.55. The Morgan fingerprint density at radius 2 is 1.88 bits per heavy atom. The monoisotopic (exact) mass is 355 g/mol. The topological polar surface area (TPSA) is 59.2 Å². The number of benzene rings is 2. The summed E-state index contributed by atoms with van der Waals surface area (Å²) in [6.45, 7) is 2.56. The van der Waals surface area contributed by atoms with E-state index < -0.39 is 0 Å². The molecule has 2 heterocycles. The number of rotatable bonds is 5. The normalized spacial score (nSPS) is 13.0. The van der Waals surface area contributed by atoms with Crippen LogP contribution in [0.5, 0.6) is 11.5 Å². The van der Waals surface area contributed by atoms with Gasteiger partial charge in [0.05, 0.1) is 11.9 Å². The van der Waals surface area contributed by atoms with Crippen LogP contribution >= 0.6 is 11.6 Å². The minimum atomic E-state index is 0.588. The van der Waals surface area contributed by atoms with E-state index in [0.29, 0.717) is 31.3 Å². The van der Waals surface area contributed by atoms with Gasteiger partial charge in [0.2, 0.25) is 0 Å². The molecule has 0 saturated carbocycles. The molecule has 3 aromatic rings. The molecule has 0 amide bonds. The highest BCUT2D eigenvalue weighted by Crippen LogP contribution is 2.33. The van der Waals surface area contributed by atoms with Crippen LogP contribution in [-0.4, -0.2) is 23.4 Å².